The molecule has 1 aromatic heterocycles. The lowest BCUT2D eigenvalue weighted by atomic mass is 10.1. The zero-order valence-electron chi connectivity index (χ0n) is 16.3. The van der Waals surface area contributed by atoms with Crippen molar-refractivity contribution in [3.8, 4) is 0 Å². The van der Waals surface area contributed by atoms with Gasteiger partial charge in [-0.1, -0.05) is 0 Å². The Morgan fingerprint density at radius 3 is 2.04 bits per heavy atom. The fraction of sp³-hybridized carbons (Fsp3) is 0.647. The van der Waals surface area contributed by atoms with Gasteiger partial charge in [-0.15, -0.1) is 4.99 Å². The highest BCUT2D eigenvalue weighted by atomic mass is 16.6. The van der Waals surface area contributed by atoms with E-state index in [4.69, 9.17) is 15.2 Å². The van der Waals surface area contributed by atoms with Crippen LogP contribution in [0.1, 0.15) is 58.5 Å². The molecule has 140 valence electrons. The molecule has 25 heavy (non-hydrogen) atoms. The van der Waals surface area contributed by atoms with Gasteiger partial charge in [-0.2, -0.15) is 0 Å². The van der Waals surface area contributed by atoms with Crippen molar-refractivity contribution < 1.29 is 19.1 Å². The number of aryl methyl sites for hydroxylation is 1. The van der Waals surface area contributed by atoms with E-state index >= 15 is 0 Å². The van der Waals surface area contributed by atoms with Crippen LogP contribution in [-0.4, -0.2) is 32.9 Å². The molecule has 0 saturated carbocycles. The second kappa shape index (κ2) is 7.35. The molecule has 0 fully saturated rings. The van der Waals surface area contributed by atoms with Gasteiger partial charge < -0.3 is 15.2 Å². The summed E-state index contributed by atoms with van der Waals surface area (Å²) in [6.45, 7) is 14.1. The van der Waals surface area contributed by atoms with E-state index < -0.39 is 23.4 Å². The van der Waals surface area contributed by atoms with Crippen molar-refractivity contribution >= 4 is 12.2 Å². The van der Waals surface area contributed by atoms with Gasteiger partial charge in [0, 0.05) is 23.5 Å². The predicted molar refractivity (Wildman–Crippen MR) is 93.0 cm³/mol. The lowest BCUT2D eigenvalue weighted by Crippen LogP contribution is -2.39. The molecule has 0 saturated heterocycles. The van der Waals surface area contributed by atoms with Crippen LogP contribution in [0.2, 0.25) is 0 Å². The summed E-state index contributed by atoms with van der Waals surface area (Å²) in [6.07, 6.45) is -1.52. The summed E-state index contributed by atoms with van der Waals surface area (Å²) in [7, 11) is 0. The fourth-order valence-electron chi connectivity index (χ4n) is 2.08. The molecule has 0 aliphatic rings. The summed E-state index contributed by atoms with van der Waals surface area (Å²) in [4.78, 5) is 32.7. The molecule has 2 N–H and O–H groups in total. The van der Waals surface area contributed by atoms with E-state index in [-0.39, 0.29) is 12.2 Å². The molecule has 1 rings (SSSR count). The van der Waals surface area contributed by atoms with Crippen LogP contribution in [0, 0.1) is 13.8 Å². The smallest absolute Gasteiger partial charge is 0.437 e. The number of nitrogens with two attached hydrogens (primary N) is 1. The summed E-state index contributed by atoms with van der Waals surface area (Å²) in [5.41, 5.74) is 6.02. The number of amides is 1. The van der Waals surface area contributed by atoms with Crippen LogP contribution < -0.4 is 11.4 Å². The van der Waals surface area contributed by atoms with Crippen molar-refractivity contribution in [2.75, 3.05) is 0 Å². The van der Waals surface area contributed by atoms with Gasteiger partial charge in [0.05, 0.1) is 0 Å². The highest BCUT2D eigenvalue weighted by Gasteiger charge is 2.23. The van der Waals surface area contributed by atoms with Crippen molar-refractivity contribution in [3.05, 3.63) is 22.6 Å². The highest BCUT2D eigenvalue weighted by Crippen LogP contribution is 2.13. The van der Waals surface area contributed by atoms with Crippen molar-refractivity contribution in [2.45, 2.75) is 73.1 Å². The van der Waals surface area contributed by atoms with Crippen LogP contribution in [-0.2, 0) is 16.0 Å². The topological polar surface area (TPSA) is 109 Å². The van der Waals surface area contributed by atoms with Crippen LogP contribution in [0.25, 0.3) is 0 Å². The highest BCUT2D eigenvalue weighted by molar-refractivity contribution is 5.73. The van der Waals surface area contributed by atoms with Gasteiger partial charge in [-0.3, -0.25) is 0 Å². The number of nitrogens with zero attached hydrogens (tertiary/aromatic N) is 3. The van der Waals surface area contributed by atoms with E-state index in [1.807, 2.05) is 0 Å². The molecule has 0 radical (unpaired) electrons. The minimum absolute atomic E-state index is 0.101. The molecule has 1 aromatic rings. The first-order valence-electron chi connectivity index (χ1n) is 8.05. The number of aromatic nitrogens is 2. The van der Waals surface area contributed by atoms with Crippen LogP contribution in [0.15, 0.2) is 4.99 Å². The zero-order chi connectivity index (χ0) is 19.6. The van der Waals surface area contributed by atoms with Gasteiger partial charge in [0.15, 0.2) is 0 Å². The first kappa shape index (κ1) is 20.8. The zero-order valence-corrected chi connectivity index (χ0v) is 16.3. The summed E-state index contributed by atoms with van der Waals surface area (Å²) in [5, 5.41) is 0. The molecule has 0 aliphatic heterocycles. The van der Waals surface area contributed by atoms with Gasteiger partial charge in [0.25, 0.3) is 0 Å². The van der Waals surface area contributed by atoms with Crippen LogP contribution in [0.5, 0.6) is 0 Å². The van der Waals surface area contributed by atoms with Crippen LogP contribution in [0.4, 0.5) is 9.59 Å². The number of ether oxygens (including phenoxy) is 2. The molecule has 8 nitrogen and oxygen atoms in total. The van der Waals surface area contributed by atoms with Crippen LogP contribution in [0.3, 0.4) is 0 Å². The maximum absolute atomic E-state index is 12.6. The van der Waals surface area contributed by atoms with E-state index in [1.165, 1.54) is 0 Å². The summed E-state index contributed by atoms with van der Waals surface area (Å²) in [5.74, 6) is 0. The molecular formula is C17H28N4O4. The maximum atomic E-state index is 12.6. The summed E-state index contributed by atoms with van der Waals surface area (Å²) >= 11 is 0. The largest absolute Gasteiger partial charge is 0.443 e. The maximum Gasteiger partial charge on any atom is 0.437 e. The second-order valence-electron chi connectivity index (χ2n) is 7.67. The molecule has 0 aromatic carbocycles. The standard InChI is InChI=1S/C17H28N4O4/c1-10-12(9-18)11(2)21(15(23)25-17(6,7)8)13(19-10)20-14(22)24-16(3,4)5/h9,18H2,1-8H3. The lowest BCUT2D eigenvalue weighted by molar-refractivity contribution is 0.0519. The predicted octanol–water partition coefficient (Wildman–Crippen LogP) is 2.58. The lowest BCUT2D eigenvalue weighted by Gasteiger charge is -2.22. The SMILES string of the molecule is Cc1nc(=NC(=O)OC(C)(C)C)n(C(=O)OC(C)(C)C)c(C)c1CN. The minimum Gasteiger partial charge on any atom is -0.443 e. The Balaban J connectivity index is 3.56. The first-order valence-corrected chi connectivity index (χ1v) is 8.05. The first-order chi connectivity index (χ1) is 11.2. The Morgan fingerprint density at radius 2 is 1.60 bits per heavy atom. The Morgan fingerprint density at radius 1 is 1.08 bits per heavy atom. The van der Waals surface area contributed by atoms with E-state index in [1.54, 1.807) is 55.4 Å². The summed E-state index contributed by atoms with van der Waals surface area (Å²) < 4.78 is 11.7. The van der Waals surface area contributed by atoms with Crippen molar-refractivity contribution in [1.29, 1.82) is 0 Å². The van der Waals surface area contributed by atoms with E-state index in [0.29, 0.717) is 17.0 Å². The average molecular weight is 352 g/mol. The number of rotatable bonds is 1. The summed E-state index contributed by atoms with van der Waals surface area (Å²) in [6, 6.07) is 0. The van der Waals surface area contributed by atoms with Gasteiger partial charge in [-0.05, 0) is 55.4 Å². The monoisotopic (exact) mass is 352 g/mol. The normalized spacial score (nSPS) is 12.9. The molecule has 0 spiro atoms. The Kier molecular flexibility index (Phi) is 6.12. The van der Waals surface area contributed by atoms with Gasteiger partial charge in [0.2, 0.25) is 5.62 Å². The van der Waals surface area contributed by atoms with Crippen molar-refractivity contribution in [1.82, 2.24) is 9.55 Å². The number of carbonyl (C=O) groups excluding carboxylic acids is 2. The fourth-order valence-corrected chi connectivity index (χ4v) is 2.08. The molecule has 1 heterocycles. The Bertz CT molecular complexity index is 737. The Labute approximate surface area is 148 Å². The molecule has 0 atom stereocenters. The minimum atomic E-state index is -0.836. The van der Waals surface area contributed by atoms with Crippen LogP contribution >= 0.6 is 0 Å². The molecule has 0 bridgehead atoms. The number of hydrogen-bond acceptors (Lipinski definition) is 6. The average Bonchev–Trinajstić information content (AvgIpc) is 2.33. The second-order valence-corrected chi connectivity index (χ2v) is 7.67. The molecule has 0 unspecified atom stereocenters. The van der Waals surface area contributed by atoms with Crippen molar-refractivity contribution in [2.24, 2.45) is 10.7 Å². The molecular weight excluding hydrogens is 324 g/mol. The molecule has 1 amide bonds. The third kappa shape index (κ3) is 5.97. The van der Waals surface area contributed by atoms with E-state index in [2.05, 4.69) is 9.98 Å². The third-order valence-corrected chi connectivity index (χ3v) is 3.04. The van der Waals surface area contributed by atoms with E-state index in [9.17, 15) is 9.59 Å². The number of hydrogen-bond donors (Lipinski definition) is 1. The molecule has 8 heteroatoms. The quantitative estimate of drug-likeness (QED) is 0.832. The Hall–Kier alpha value is -2.22. The van der Waals surface area contributed by atoms with Crippen molar-refractivity contribution in [3.63, 3.8) is 0 Å². The number of carbonyl (C=O) groups is 2. The third-order valence-electron chi connectivity index (χ3n) is 3.04. The van der Waals surface area contributed by atoms with Gasteiger partial charge in [-0.25, -0.2) is 19.1 Å². The van der Waals surface area contributed by atoms with E-state index in [0.717, 1.165) is 4.57 Å². The molecule has 0 aliphatic carbocycles. The van der Waals surface area contributed by atoms with Gasteiger partial charge in [0.1, 0.15) is 11.2 Å². The van der Waals surface area contributed by atoms with Gasteiger partial charge >= 0.3 is 12.2 Å².